The van der Waals surface area contributed by atoms with Crippen molar-refractivity contribution in [3.63, 3.8) is 0 Å². The number of hydrogen-bond acceptors (Lipinski definition) is 5. The van der Waals surface area contributed by atoms with Gasteiger partial charge >= 0.3 is 0 Å². The first kappa shape index (κ1) is 8.99. The van der Waals surface area contributed by atoms with Crippen LogP contribution < -0.4 is 4.74 Å². The minimum absolute atomic E-state index is 0.0925. The number of methoxy groups -OCH3 is 1. The lowest BCUT2D eigenvalue weighted by atomic mass is 10.5. The smallest absolute Gasteiger partial charge is 0.239 e. The standard InChI is InChI=1S/C7H8N2O2S/c1-11-6-4-8-5(3-9-6)7(10)12-2/h3-4H,1-2H3. The van der Waals surface area contributed by atoms with Gasteiger partial charge in [-0.15, -0.1) is 0 Å². The van der Waals surface area contributed by atoms with Crippen LogP contribution in [0.5, 0.6) is 5.88 Å². The molecular weight excluding hydrogens is 176 g/mol. The molecule has 64 valence electrons. The molecule has 1 rings (SSSR count). The highest BCUT2D eigenvalue weighted by molar-refractivity contribution is 8.13. The first-order valence-electron chi connectivity index (χ1n) is 3.22. The minimum atomic E-state index is -0.0925. The lowest BCUT2D eigenvalue weighted by molar-refractivity contribution is 0.108. The van der Waals surface area contributed by atoms with Crippen LogP contribution in [-0.4, -0.2) is 28.4 Å². The fraction of sp³-hybridized carbons (Fsp3) is 0.286. The number of thioether (sulfide) groups is 1. The van der Waals surface area contributed by atoms with Crippen LogP contribution in [0.1, 0.15) is 10.5 Å². The Balaban J connectivity index is 2.84. The van der Waals surface area contributed by atoms with Crippen molar-refractivity contribution in [2.45, 2.75) is 0 Å². The number of carbonyl (C=O) groups excluding carboxylic acids is 1. The fourth-order valence-electron chi connectivity index (χ4n) is 0.632. The summed E-state index contributed by atoms with van der Waals surface area (Å²) >= 11 is 1.11. The molecule has 0 saturated carbocycles. The normalized spacial score (nSPS) is 9.50. The van der Waals surface area contributed by atoms with E-state index in [4.69, 9.17) is 4.74 Å². The second-order valence-corrected chi connectivity index (χ2v) is 2.71. The molecule has 0 unspecified atom stereocenters. The Bertz CT molecular complexity index is 273. The van der Waals surface area contributed by atoms with Crippen LogP contribution in [-0.2, 0) is 0 Å². The van der Waals surface area contributed by atoms with Crippen molar-refractivity contribution in [3.8, 4) is 5.88 Å². The Kier molecular flexibility index (Phi) is 3.04. The molecule has 1 aromatic heterocycles. The molecule has 0 spiro atoms. The number of ether oxygens (including phenoxy) is 1. The molecule has 1 heterocycles. The third-order valence-electron chi connectivity index (χ3n) is 1.23. The van der Waals surface area contributed by atoms with Gasteiger partial charge < -0.3 is 4.74 Å². The topological polar surface area (TPSA) is 52.1 Å². The van der Waals surface area contributed by atoms with Crippen LogP contribution in [0.2, 0.25) is 0 Å². The van der Waals surface area contributed by atoms with Gasteiger partial charge in [0.25, 0.3) is 0 Å². The molecule has 0 fully saturated rings. The summed E-state index contributed by atoms with van der Waals surface area (Å²) in [5, 5.41) is -0.0925. The number of aromatic nitrogens is 2. The molecule has 0 aliphatic carbocycles. The maximum atomic E-state index is 11.0. The SMILES string of the molecule is COc1cnc(C(=O)SC)cn1. The van der Waals surface area contributed by atoms with E-state index in [1.807, 2.05) is 0 Å². The Morgan fingerprint density at radius 2 is 2.25 bits per heavy atom. The molecule has 0 aliphatic heterocycles. The molecule has 0 amide bonds. The van der Waals surface area contributed by atoms with Gasteiger partial charge in [-0.2, -0.15) is 0 Å². The van der Waals surface area contributed by atoms with E-state index in [2.05, 4.69) is 9.97 Å². The van der Waals surface area contributed by atoms with Crippen LogP contribution in [0.4, 0.5) is 0 Å². The Morgan fingerprint density at radius 1 is 1.50 bits per heavy atom. The monoisotopic (exact) mass is 184 g/mol. The van der Waals surface area contributed by atoms with Crippen molar-refractivity contribution in [3.05, 3.63) is 18.1 Å². The van der Waals surface area contributed by atoms with Crippen molar-refractivity contribution >= 4 is 16.9 Å². The van der Waals surface area contributed by atoms with E-state index in [-0.39, 0.29) is 5.12 Å². The Hall–Kier alpha value is -1.10. The maximum absolute atomic E-state index is 11.0. The molecule has 1 aromatic rings. The van der Waals surface area contributed by atoms with E-state index in [0.29, 0.717) is 11.6 Å². The summed E-state index contributed by atoms with van der Waals surface area (Å²) < 4.78 is 4.79. The van der Waals surface area contributed by atoms with Gasteiger partial charge in [0.15, 0.2) is 0 Å². The first-order valence-corrected chi connectivity index (χ1v) is 4.44. The van der Waals surface area contributed by atoms with E-state index in [0.717, 1.165) is 11.8 Å². The number of hydrogen-bond donors (Lipinski definition) is 0. The van der Waals surface area contributed by atoms with E-state index in [1.165, 1.54) is 19.5 Å². The van der Waals surface area contributed by atoms with Gasteiger partial charge in [-0.05, 0) is 6.26 Å². The van der Waals surface area contributed by atoms with Crippen LogP contribution in [0.15, 0.2) is 12.4 Å². The summed E-state index contributed by atoms with van der Waals surface area (Å²) in [6.07, 6.45) is 4.52. The minimum Gasteiger partial charge on any atom is -0.480 e. The van der Waals surface area contributed by atoms with Crippen molar-refractivity contribution in [2.75, 3.05) is 13.4 Å². The molecule has 0 N–H and O–H groups in total. The maximum Gasteiger partial charge on any atom is 0.239 e. The van der Waals surface area contributed by atoms with Crippen molar-refractivity contribution in [1.29, 1.82) is 0 Å². The highest BCUT2D eigenvalue weighted by Crippen LogP contribution is 2.07. The predicted octanol–water partition coefficient (Wildman–Crippen LogP) is 0.988. The van der Waals surface area contributed by atoms with Crippen molar-refractivity contribution < 1.29 is 9.53 Å². The van der Waals surface area contributed by atoms with Gasteiger partial charge in [-0.25, -0.2) is 9.97 Å². The molecule has 0 atom stereocenters. The molecule has 0 bridgehead atoms. The fourth-order valence-corrected chi connectivity index (χ4v) is 0.946. The Morgan fingerprint density at radius 3 is 2.67 bits per heavy atom. The lowest BCUT2D eigenvalue weighted by Crippen LogP contribution is -1.98. The summed E-state index contributed by atoms with van der Waals surface area (Å²) in [5.74, 6) is 0.410. The summed E-state index contributed by atoms with van der Waals surface area (Å²) in [4.78, 5) is 18.7. The van der Waals surface area contributed by atoms with Crippen LogP contribution in [0, 0.1) is 0 Å². The van der Waals surface area contributed by atoms with Crippen LogP contribution in [0.25, 0.3) is 0 Å². The second kappa shape index (κ2) is 4.06. The van der Waals surface area contributed by atoms with Gasteiger partial charge in [0, 0.05) is 0 Å². The zero-order chi connectivity index (χ0) is 8.97. The average Bonchev–Trinajstić information content (AvgIpc) is 2.17. The molecule has 12 heavy (non-hydrogen) atoms. The second-order valence-electron chi connectivity index (χ2n) is 1.94. The van der Waals surface area contributed by atoms with Crippen molar-refractivity contribution in [2.24, 2.45) is 0 Å². The van der Waals surface area contributed by atoms with Gasteiger partial charge in [0.05, 0.1) is 19.5 Å². The zero-order valence-corrected chi connectivity index (χ0v) is 7.59. The van der Waals surface area contributed by atoms with E-state index in [9.17, 15) is 4.79 Å². The van der Waals surface area contributed by atoms with Gasteiger partial charge in [0.2, 0.25) is 11.0 Å². The molecule has 4 nitrogen and oxygen atoms in total. The summed E-state index contributed by atoms with van der Waals surface area (Å²) in [7, 11) is 1.50. The predicted molar refractivity (Wildman–Crippen MR) is 46.4 cm³/mol. The van der Waals surface area contributed by atoms with Crippen molar-refractivity contribution in [1.82, 2.24) is 9.97 Å². The van der Waals surface area contributed by atoms with Gasteiger partial charge in [-0.1, -0.05) is 11.8 Å². The molecule has 0 aliphatic rings. The largest absolute Gasteiger partial charge is 0.480 e. The quantitative estimate of drug-likeness (QED) is 0.686. The molecule has 0 saturated heterocycles. The van der Waals surface area contributed by atoms with Crippen LogP contribution in [0.3, 0.4) is 0 Å². The third kappa shape index (κ3) is 1.94. The van der Waals surface area contributed by atoms with Crippen LogP contribution >= 0.6 is 11.8 Å². The van der Waals surface area contributed by atoms with E-state index in [1.54, 1.807) is 6.26 Å². The third-order valence-corrected chi connectivity index (χ3v) is 1.81. The molecule has 5 heteroatoms. The number of carbonyl (C=O) groups is 1. The first-order chi connectivity index (χ1) is 5.77. The number of rotatable bonds is 2. The Labute approximate surface area is 74.4 Å². The summed E-state index contributed by atoms with van der Waals surface area (Å²) in [6.45, 7) is 0. The van der Waals surface area contributed by atoms with E-state index >= 15 is 0 Å². The molecular formula is C7H8N2O2S. The number of nitrogens with zero attached hydrogens (tertiary/aromatic N) is 2. The summed E-state index contributed by atoms with van der Waals surface area (Å²) in [6, 6.07) is 0. The molecule has 0 radical (unpaired) electrons. The molecule has 0 aromatic carbocycles. The highest BCUT2D eigenvalue weighted by Gasteiger charge is 2.05. The highest BCUT2D eigenvalue weighted by atomic mass is 32.2. The average molecular weight is 184 g/mol. The lowest BCUT2D eigenvalue weighted by Gasteiger charge is -1.97. The van der Waals surface area contributed by atoms with Gasteiger partial charge in [0.1, 0.15) is 5.69 Å². The van der Waals surface area contributed by atoms with Gasteiger partial charge in [-0.3, -0.25) is 4.79 Å². The summed E-state index contributed by atoms with van der Waals surface area (Å²) in [5.41, 5.74) is 0.350. The van der Waals surface area contributed by atoms with E-state index < -0.39 is 0 Å². The zero-order valence-electron chi connectivity index (χ0n) is 6.77.